The summed E-state index contributed by atoms with van der Waals surface area (Å²) in [5.41, 5.74) is -1.88. The minimum atomic E-state index is -1.01. The van der Waals surface area contributed by atoms with E-state index in [1.165, 1.54) is 0 Å². The van der Waals surface area contributed by atoms with Crippen LogP contribution in [0.15, 0.2) is 0 Å². The lowest BCUT2D eigenvalue weighted by molar-refractivity contribution is -0.171. The van der Waals surface area contributed by atoms with Crippen LogP contribution in [-0.4, -0.2) is 58.8 Å². The quantitative estimate of drug-likeness (QED) is 0.0988. The van der Waals surface area contributed by atoms with Crippen molar-refractivity contribution in [2.24, 2.45) is 0 Å². The molecule has 0 aliphatic heterocycles. The van der Waals surface area contributed by atoms with E-state index in [4.69, 9.17) is 42.1 Å². The SMILES string of the molecule is CCC(C)(COC(=O)CCC(=O)Cl)OC(=O)CCCCC(=O)OCCC(C)(C)OC(=O)CCC(=O)Cl. The highest BCUT2D eigenvalue weighted by atomic mass is 35.5. The van der Waals surface area contributed by atoms with Gasteiger partial charge in [-0.15, -0.1) is 0 Å². The van der Waals surface area contributed by atoms with Crippen LogP contribution in [0.1, 0.15) is 91.9 Å². The number of carbonyl (C=O) groups is 6. The Morgan fingerprint density at radius 1 is 0.639 bits per heavy atom. The molecule has 12 heteroatoms. The molecule has 0 aromatic carbocycles. The average Bonchev–Trinajstić information content (AvgIpc) is 2.77. The Labute approximate surface area is 221 Å². The first-order chi connectivity index (χ1) is 16.7. The molecule has 1 unspecified atom stereocenters. The van der Waals surface area contributed by atoms with Crippen molar-refractivity contribution in [3.8, 4) is 0 Å². The number of halogens is 2. The summed E-state index contributed by atoms with van der Waals surface area (Å²) < 4.78 is 20.9. The molecule has 0 N–H and O–H groups in total. The molecule has 206 valence electrons. The van der Waals surface area contributed by atoms with Crippen LogP contribution in [0.3, 0.4) is 0 Å². The summed E-state index contributed by atoms with van der Waals surface area (Å²) in [6, 6.07) is 0. The van der Waals surface area contributed by atoms with Gasteiger partial charge in [-0.1, -0.05) is 6.92 Å². The Bertz CT molecular complexity index is 781. The van der Waals surface area contributed by atoms with Crippen molar-refractivity contribution in [1.29, 1.82) is 0 Å². The molecular formula is C24H36Cl2O10. The molecule has 0 radical (unpaired) electrons. The summed E-state index contributed by atoms with van der Waals surface area (Å²) in [6.07, 6.45) is 1.16. The van der Waals surface area contributed by atoms with E-state index >= 15 is 0 Å². The van der Waals surface area contributed by atoms with Crippen LogP contribution in [0.25, 0.3) is 0 Å². The average molecular weight is 555 g/mol. The fourth-order valence-electron chi connectivity index (χ4n) is 2.67. The predicted molar refractivity (Wildman–Crippen MR) is 130 cm³/mol. The molecule has 1 atom stereocenters. The molecule has 0 fully saturated rings. The maximum Gasteiger partial charge on any atom is 0.306 e. The molecule has 0 aromatic heterocycles. The normalized spacial score (nSPS) is 12.7. The lowest BCUT2D eigenvalue weighted by atomic mass is 10.0. The standard InChI is InChI=1S/C24H36Cl2O10/c1-5-24(4,16-34-20(30)12-10-17(25)27)36-21(31)9-7-6-8-19(29)33-15-14-23(2,3)35-22(32)13-11-18(26)28/h5-16H2,1-4H3. The maximum atomic E-state index is 12.2. The molecule has 0 amide bonds. The number of unbranched alkanes of at least 4 members (excludes halogenated alkanes) is 1. The Balaban J connectivity index is 4.16. The van der Waals surface area contributed by atoms with E-state index in [1.54, 1.807) is 27.7 Å². The van der Waals surface area contributed by atoms with Gasteiger partial charge < -0.3 is 18.9 Å². The number of carbonyl (C=O) groups excluding carboxylic acids is 6. The van der Waals surface area contributed by atoms with Crippen LogP contribution in [-0.2, 0) is 47.7 Å². The zero-order valence-electron chi connectivity index (χ0n) is 21.3. The summed E-state index contributed by atoms with van der Waals surface area (Å²) in [5, 5.41) is -1.26. The third-order valence-corrected chi connectivity index (χ3v) is 5.45. The van der Waals surface area contributed by atoms with Gasteiger partial charge in [-0.25, -0.2) is 0 Å². The molecule has 36 heavy (non-hydrogen) atoms. The van der Waals surface area contributed by atoms with E-state index in [0.29, 0.717) is 19.3 Å². The summed E-state index contributed by atoms with van der Waals surface area (Å²) in [7, 11) is 0. The van der Waals surface area contributed by atoms with Gasteiger partial charge in [-0.2, -0.15) is 0 Å². The summed E-state index contributed by atoms with van der Waals surface area (Å²) in [4.78, 5) is 68.8. The minimum Gasteiger partial charge on any atom is -0.466 e. The second kappa shape index (κ2) is 17.3. The zero-order valence-corrected chi connectivity index (χ0v) is 22.8. The molecule has 0 saturated heterocycles. The number of hydrogen-bond acceptors (Lipinski definition) is 10. The lowest BCUT2D eigenvalue weighted by Gasteiger charge is -2.27. The van der Waals surface area contributed by atoms with Gasteiger partial charge in [0.15, 0.2) is 0 Å². The van der Waals surface area contributed by atoms with Gasteiger partial charge in [-0.05, 0) is 63.2 Å². The van der Waals surface area contributed by atoms with Gasteiger partial charge in [0.25, 0.3) is 0 Å². The van der Waals surface area contributed by atoms with E-state index in [9.17, 15) is 28.8 Å². The highest BCUT2D eigenvalue weighted by Crippen LogP contribution is 2.19. The highest BCUT2D eigenvalue weighted by molar-refractivity contribution is 6.63. The second-order valence-electron chi connectivity index (χ2n) is 9.06. The van der Waals surface area contributed by atoms with Crippen LogP contribution in [0.2, 0.25) is 0 Å². The molecular weight excluding hydrogens is 519 g/mol. The third-order valence-electron chi connectivity index (χ3n) is 5.07. The molecule has 0 aromatic rings. The smallest absolute Gasteiger partial charge is 0.306 e. The van der Waals surface area contributed by atoms with Crippen molar-refractivity contribution in [3.63, 3.8) is 0 Å². The highest BCUT2D eigenvalue weighted by Gasteiger charge is 2.29. The minimum absolute atomic E-state index is 0.0439. The Hall–Kier alpha value is -2.20. The second-order valence-corrected chi connectivity index (χ2v) is 9.90. The van der Waals surface area contributed by atoms with Gasteiger partial charge in [0.1, 0.15) is 17.8 Å². The van der Waals surface area contributed by atoms with Crippen molar-refractivity contribution in [2.75, 3.05) is 13.2 Å². The van der Waals surface area contributed by atoms with Crippen molar-refractivity contribution in [1.82, 2.24) is 0 Å². The summed E-state index contributed by atoms with van der Waals surface area (Å²) in [5.74, 6) is -2.10. The Kier molecular flexibility index (Phi) is 16.2. The monoisotopic (exact) mass is 554 g/mol. The molecule has 0 saturated carbocycles. The third kappa shape index (κ3) is 18.1. The van der Waals surface area contributed by atoms with Crippen molar-refractivity contribution in [2.45, 2.75) is 103 Å². The maximum absolute atomic E-state index is 12.2. The van der Waals surface area contributed by atoms with Gasteiger partial charge in [0, 0.05) is 32.1 Å². The van der Waals surface area contributed by atoms with E-state index in [1.807, 2.05) is 0 Å². The van der Waals surface area contributed by atoms with E-state index in [2.05, 4.69) is 0 Å². The van der Waals surface area contributed by atoms with Crippen LogP contribution in [0.5, 0.6) is 0 Å². The van der Waals surface area contributed by atoms with Gasteiger partial charge in [0.05, 0.1) is 19.4 Å². The first kappa shape index (κ1) is 33.8. The van der Waals surface area contributed by atoms with Crippen LogP contribution < -0.4 is 0 Å². The summed E-state index contributed by atoms with van der Waals surface area (Å²) >= 11 is 10.4. The molecule has 0 rings (SSSR count). The molecule has 0 aliphatic rings. The molecule has 0 spiro atoms. The Morgan fingerprint density at radius 2 is 1.11 bits per heavy atom. The fraction of sp³-hybridized carbons (Fsp3) is 0.750. The molecule has 0 aliphatic carbocycles. The van der Waals surface area contributed by atoms with Gasteiger partial charge >= 0.3 is 23.9 Å². The van der Waals surface area contributed by atoms with E-state index in [-0.39, 0.29) is 58.2 Å². The number of rotatable bonds is 19. The Morgan fingerprint density at radius 3 is 1.64 bits per heavy atom. The van der Waals surface area contributed by atoms with Crippen LogP contribution in [0, 0.1) is 0 Å². The first-order valence-corrected chi connectivity index (χ1v) is 12.5. The molecule has 10 nitrogen and oxygen atoms in total. The van der Waals surface area contributed by atoms with E-state index in [0.717, 1.165) is 0 Å². The number of hydrogen-bond donors (Lipinski definition) is 0. The molecule has 0 heterocycles. The molecule has 0 bridgehead atoms. The van der Waals surface area contributed by atoms with Gasteiger partial charge in [-0.3, -0.25) is 28.8 Å². The fourth-order valence-corrected chi connectivity index (χ4v) is 2.86. The zero-order chi connectivity index (χ0) is 27.8. The van der Waals surface area contributed by atoms with Gasteiger partial charge in [0.2, 0.25) is 10.5 Å². The topological polar surface area (TPSA) is 139 Å². The predicted octanol–water partition coefficient (Wildman–Crippen LogP) is 4.15. The van der Waals surface area contributed by atoms with Crippen LogP contribution in [0.4, 0.5) is 0 Å². The van der Waals surface area contributed by atoms with Crippen LogP contribution >= 0.6 is 23.2 Å². The van der Waals surface area contributed by atoms with Crippen molar-refractivity contribution in [3.05, 3.63) is 0 Å². The number of ether oxygens (including phenoxy) is 4. The largest absolute Gasteiger partial charge is 0.466 e. The summed E-state index contributed by atoms with van der Waals surface area (Å²) in [6.45, 7) is 6.65. The van der Waals surface area contributed by atoms with Crippen molar-refractivity contribution < 1.29 is 47.7 Å². The number of esters is 4. The first-order valence-electron chi connectivity index (χ1n) is 11.8. The van der Waals surface area contributed by atoms with Crippen molar-refractivity contribution >= 4 is 57.6 Å². The van der Waals surface area contributed by atoms with E-state index < -0.39 is 45.6 Å². The lowest BCUT2D eigenvalue weighted by Crippen LogP contribution is -2.37.